The summed E-state index contributed by atoms with van der Waals surface area (Å²) in [6.45, 7) is 0. The van der Waals surface area contributed by atoms with Crippen molar-refractivity contribution in [3.8, 4) is 0 Å². The van der Waals surface area contributed by atoms with E-state index in [4.69, 9.17) is 4.42 Å². The molecule has 0 bridgehead atoms. The van der Waals surface area contributed by atoms with E-state index in [2.05, 4.69) is 5.32 Å². The molecule has 1 saturated heterocycles. The molecule has 0 radical (unpaired) electrons. The number of furan rings is 1. The predicted octanol–water partition coefficient (Wildman–Crippen LogP) is 2.55. The van der Waals surface area contributed by atoms with E-state index in [1.54, 1.807) is 36.6 Å². The second-order valence-corrected chi connectivity index (χ2v) is 6.59. The lowest BCUT2D eigenvalue weighted by molar-refractivity contribution is -0.147. The van der Waals surface area contributed by atoms with Gasteiger partial charge in [0, 0.05) is 17.0 Å². The number of hydrogen-bond acceptors (Lipinski definition) is 5. The summed E-state index contributed by atoms with van der Waals surface area (Å²) in [5.41, 5.74) is 1.85. The number of carbonyl (C=O) groups excluding carboxylic acids is 1. The number of nitrogens with zero attached hydrogens (tertiary/aromatic N) is 1. The SMILES string of the molecule is O=C(O)[C@H]1NC(C(=O)N([O-])c2ccccc2)[C@H]1Cc1ccc2occc2c1. The van der Waals surface area contributed by atoms with E-state index < -0.39 is 29.9 Å². The standard InChI is InChI=1S/C20H17N2O5/c23-19(22(26)14-4-2-1-3-5-14)17-15(18(21-17)20(24)25)11-12-6-7-16-13(10-12)8-9-27-16/h1-10,15,17-18,21H,11H2,(H,24,25)/q-1/t15-,17?,18+/m1/s1. The number of hydrogen-bond donors (Lipinski definition) is 2. The Balaban J connectivity index is 1.55. The fourth-order valence-electron chi connectivity index (χ4n) is 3.49. The quantitative estimate of drug-likeness (QED) is 0.673. The van der Waals surface area contributed by atoms with Gasteiger partial charge in [0.25, 0.3) is 0 Å². The molecule has 0 spiro atoms. The van der Waals surface area contributed by atoms with Crippen LogP contribution in [0.1, 0.15) is 5.56 Å². The number of benzene rings is 2. The number of carbonyl (C=O) groups is 2. The maximum absolute atomic E-state index is 12.6. The van der Waals surface area contributed by atoms with Gasteiger partial charge in [0.1, 0.15) is 11.6 Å². The van der Waals surface area contributed by atoms with Gasteiger partial charge in [-0.3, -0.25) is 14.9 Å². The van der Waals surface area contributed by atoms with Crippen LogP contribution in [0, 0.1) is 11.1 Å². The van der Waals surface area contributed by atoms with E-state index in [9.17, 15) is 19.9 Å². The van der Waals surface area contributed by atoms with Gasteiger partial charge < -0.3 is 19.8 Å². The first-order chi connectivity index (χ1) is 13.0. The Kier molecular flexibility index (Phi) is 4.39. The van der Waals surface area contributed by atoms with E-state index >= 15 is 0 Å². The summed E-state index contributed by atoms with van der Waals surface area (Å²) in [5.74, 6) is -2.24. The van der Waals surface area contributed by atoms with Crippen LogP contribution in [-0.2, 0) is 16.0 Å². The zero-order chi connectivity index (χ0) is 19.0. The van der Waals surface area contributed by atoms with Crippen molar-refractivity contribution >= 4 is 28.5 Å². The lowest BCUT2D eigenvalue weighted by Gasteiger charge is -2.46. The molecule has 0 aliphatic carbocycles. The van der Waals surface area contributed by atoms with Crippen LogP contribution >= 0.6 is 0 Å². The Morgan fingerprint density at radius 2 is 1.89 bits per heavy atom. The monoisotopic (exact) mass is 365 g/mol. The molecule has 3 aromatic rings. The summed E-state index contributed by atoms with van der Waals surface area (Å²) < 4.78 is 5.31. The zero-order valence-corrected chi connectivity index (χ0v) is 14.2. The second kappa shape index (κ2) is 6.86. The Bertz CT molecular complexity index is 984. The number of hydroxylamine groups is 1. The summed E-state index contributed by atoms with van der Waals surface area (Å²) in [6.07, 6.45) is 1.95. The predicted molar refractivity (Wildman–Crippen MR) is 99.1 cm³/mol. The van der Waals surface area contributed by atoms with Crippen molar-refractivity contribution in [2.45, 2.75) is 18.5 Å². The summed E-state index contributed by atoms with van der Waals surface area (Å²) in [4.78, 5) is 24.1. The van der Waals surface area contributed by atoms with E-state index in [0.717, 1.165) is 16.5 Å². The molecule has 3 atom stereocenters. The van der Waals surface area contributed by atoms with Crippen molar-refractivity contribution in [3.63, 3.8) is 0 Å². The molecule has 2 heterocycles. The van der Waals surface area contributed by atoms with Crippen LogP contribution in [0.5, 0.6) is 0 Å². The molecule has 1 aliphatic heterocycles. The van der Waals surface area contributed by atoms with Crippen molar-refractivity contribution < 1.29 is 19.1 Å². The highest BCUT2D eigenvalue weighted by molar-refractivity contribution is 6.00. The Labute approximate surface area is 154 Å². The fraction of sp³-hybridized carbons (Fsp3) is 0.200. The van der Waals surface area contributed by atoms with Gasteiger partial charge in [0.05, 0.1) is 12.3 Å². The Morgan fingerprint density at radius 3 is 2.63 bits per heavy atom. The van der Waals surface area contributed by atoms with Gasteiger partial charge >= 0.3 is 5.97 Å². The van der Waals surface area contributed by atoms with Crippen LogP contribution in [0.4, 0.5) is 5.69 Å². The van der Waals surface area contributed by atoms with Crippen LogP contribution in [0.25, 0.3) is 11.0 Å². The number of fused-ring (bicyclic) bond motifs is 1. The fourth-order valence-corrected chi connectivity index (χ4v) is 3.49. The first-order valence-electron chi connectivity index (χ1n) is 8.56. The van der Waals surface area contributed by atoms with Crippen LogP contribution in [0.15, 0.2) is 65.3 Å². The highest BCUT2D eigenvalue weighted by Gasteiger charge is 2.48. The van der Waals surface area contributed by atoms with Gasteiger partial charge in [0.15, 0.2) is 0 Å². The van der Waals surface area contributed by atoms with Gasteiger partial charge in [-0.25, -0.2) is 0 Å². The first kappa shape index (κ1) is 17.3. The first-order valence-corrected chi connectivity index (χ1v) is 8.56. The van der Waals surface area contributed by atoms with Crippen LogP contribution in [0.2, 0.25) is 0 Å². The molecule has 1 fully saturated rings. The highest BCUT2D eigenvalue weighted by atomic mass is 16.5. The molecule has 1 aromatic heterocycles. The van der Waals surface area contributed by atoms with Crippen molar-refractivity contribution in [3.05, 3.63) is 71.6 Å². The molecule has 0 saturated carbocycles. The van der Waals surface area contributed by atoms with Crippen molar-refractivity contribution in [2.24, 2.45) is 5.92 Å². The molecular weight excluding hydrogens is 348 g/mol. The molecule has 7 heteroatoms. The molecule has 138 valence electrons. The summed E-state index contributed by atoms with van der Waals surface area (Å²) in [7, 11) is 0. The molecular formula is C20H17N2O5-. The number of carboxylic acids is 1. The average molecular weight is 365 g/mol. The molecule has 7 nitrogen and oxygen atoms in total. The molecule has 4 rings (SSSR count). The van der Waals surface area contributed by atoms with Crippen LogP contribution in [-0.4, -0.2) is 29.1 Å². The Hall–Kier alpha value is -3.16. The smallest absolute Gasteiger partial charge is 0.321 e. The summed E-state index contributed by atoms with van der Waals surface area (Å²) in [6, 6.07) is 13.8. The normalized spacial score (nSPS) is 21.6. The van der Waals surface area contributed by atoms with Crippen molar-refractivity contribution in [2.75, 3.05) is 5.06 Å². The third kappa shape index (κ3) is 3.18. The van der Waals surface area contributed by atoms with E-state index in [1.165, 1.54) is 0 Å². The van der Waals surface area contributed by atoms with E-state index in [1.807, 2.05) is 24.3 Å². The molecule has 1 unspecified atom stereocenters. The summed E-state index contributed by atoms with van der Waals surface area (Å²) >= 11 is 0. The van der Waals surface area contributed by atoms with Gasteiger partial charge in [-0.1, -0.05) is 24.3 Å². The molecule has 2 N–H and O–H groups in total. The minimum absolute atomic E-state index is 0.224. The summed E-state index contributed by atoms with van der Waals surface area (Å²) in [5, 5.41) is 25.7. The maximum atomic E-state index is 12.6. The number of anilines is 1. The number of aliphatic carboxylic acids is 1. The van der Waals surface area contributed by atoms with Gasteiger partial charge in [0.2, 0.25) is 5.91 Å². The average Bonchev–Trinajstić information content (AvgIpc) is 3.12. The number of nitrogens with one attached hydrogen (secondary N) is 1. The topological polar surface area (TPSA) is 106 Å². The lowest BCUT2D eigenvalue weighted by Crippen LogP contribution is -2.70. The maximum Gasteiger partial charge on any atom is 0.321 e. The van der Waals surface area contributed by atoms with Gasteiger partial charge in [-0.2, -0.15) is 0 Å². The van der Waals surface area contributed by atoms with Gasteiger partial charge in [-0.15, -0.1) is 0 Å². The zero-order valence-electron chi connectivity index (χ0n) is 14.2. The molecule has 2 aromatic carbocycles. The molecule has 27 heavy (non-hydrogen) atoms. The highest BCUT2D eigenvalue weighted by Crippen LogP contribution is 2.30. The van der Waals surface area contributed by atoms with E-state index in [-0.39, 0.29) is 5.69 Å². The second-order valence-electron chi connectivity index (χ2n) is 6.59. The molecule has 1 aliphatic rings. The third-order valence-corrected chi connectivity index (χ3v) is 4.93. The minimum atomic E-state index is -1.04. The number of amides is 1. The Morgan fingerprint density at radius 1 is 1.11 bits per heavy atom. The largest absolute Gasteiger partial charge is 0.752 e. The molecule has 1 amide bonds. The minimum Gasteiger partial charge on any atom is -0.752 e. The van der Waals surface area contributed by atoms with Crippen LogP contribution in [0.3, 0.4) is 0 Å². The van der Waals surface area contributed by atoms with E-state index in [0.29, 0.717) is 11.5 Å². The van der Waals surface area contributed by atoms with Crippen molar-refractivity contribution in [1.82, 2.24) is 5.32 Å². The number of para-hydroxylation sites is 1. The lowest BCUT2D eigenvalue weighted by atomic mass is 9.77. The van der Waals surface area contributed by atoms with Crippen molar-refractivity contribution in [1.29, 1.82) is 0 Å². The number of rotatable bonds is 5. The van der Waals surface area contributed by atoms with Crippen LogP contribution < -0.4 is 10.4 Å². The number of carboxylic acid groups (broad SMARTS) is 1. The third-order valence-electron chi connectivity index (χ3n) is 4.93. The van der Waals surface area contributed by atoms with Gasteiger partial charge in [-0.05, 0) is 42.3 Å².